The first kappa shape index (κ1) is 16.5. The van der Waals surface area contributed by atoms with Crippen molar-refractivity contribution in [2.45, 2.75) is 74.5 Å². The predicted octanol–water partition coefficient (Wildman–Crippen LogP) is 3.64. The smallest absolute Gasteiger partial charge is 0.165 e. The van der Waals surface area contributed by atoms with Gasteiger partial charge in [-0.25, -0.2) is 0 Å². The van der Waals surface area contributed by atoms with E-state index in [0.29, 0.717) is 17.7 Å². The minimum absolute atomic E-state index is 0.0287. The number of piperidine rings is 1. The molecule has 4 nitrogen and oxygen atoms in total. The first-order valence-corrected chi connectivity index (χ1v) is 11.3. The number of benzene rings is 1. The molecule has 2 aliphatic heterocycles. The van der Waals surface area contributed by atoms with Crippen LogP contribution in [0.2, 0.25) is 0 Å². The number of rotatable bonds is 3. The Bertz CT molecular complexity index is 869. The fraction of sp³-hybridized carbons (Fsp3) is 0.750. The van der Waals surface area contributed by atoms with E-state index < -0.39 is 0 Å². The van der Waals surface area contributed by atoms with Crippen LogP contribution in [-0.2, 0) is 16.6 Å². The van der Waals surface area contributed by atoms with Crippen molar-refractivity contribution in [3.63, 3.8) is 0 Å². The summed E-state index contributed by atoms with van der Waals surface area (Å²) in [4.78, 5) is 2.70. The molecule has 5 aliphatic carbocycles. The van der Waals surface area contributed by atoms with E-state index in [-0.39, 0.29) is 22.5 Å². The molecule has 2 spiro atoms. The van der Waals surface area contributed by atoms with E-state index in [1.807, 2.05) is 13.2 Å². The molecule has 2 heterocycles. The van der Waals surface area contributed by atoms with Gasteiger partial charge in [0.2, 0.25) is 0 Å². The van der Waals surface area contributed by atoms with E-state index >= 15 is 0 Å². The second-order valence-corrected chi connectivity index (χ2v) is 10.8. The van der Waals surface area contributed by atoms with Gasteiger partial charge in [0.1, 0.15) is 11.7 Å². The number of methoxy groups -OCH3 is 1. The largest absolute Gasteiger partial charge is 0.504 e. The van der Waals surface area contributed by atoms with Gasteiger partial charge in [-0.15, -0.1) is 0 Å². The minimum Gasteiger partial charge on any atom is -0.504 e. The van der Waals surface area contributed by atoms with Crippen molar-refractivity contribution in [2.75, 3.05) is 20.7 Å². The standard InChI is InChI=1S/C24H31NO3/c1-25-13-16(11-14-3-4-14)24-19-15-5-6-17(26)20(19)28-21(24)23(27-2)9-7-22(24,8-10-23)18(25)12-15/h5-6,14,16,18,21,26H,3-4,7-13H2,1-2H3. The Labute approximate surface area is 167 Å². The summed E-state index contributed by atoms with van der Waals surface area (Å²) in [6, 6.07) is 4.65. The number of fused-ring (bicyclic) bond motifs is 2. The van der Waals surface area contributed by atoms with Gasteiger partial charge >= 0.3 is 0 Å². The van der Waals surface area contributed by atoms with Crippen molar-refractivity contribution in [1.29, 1.82) is 0 Å². The predicted molar refractivity (Wildman–Crippen MR) is 106 cm³/mol. The van der Waals surface area contributed by atoms with Crippen molar-refractivity contribution >= 4 is 0 Å². The molecule has 28 heavy (non-hydrogen) atoms. The van der Waals surface area contributed by atoms with Crippen LogP contribution in [0, 0.1) is 17.3 Å². The molecule has 1 N–H and O–H groups in total. The lowest BCUT2D eigenvalue weighted by atomic mass is 9.34. The van der Waals surface area contributed by atoms with Gasteiger partial charge in [0.25, 0.3) is 0 Å². The van der Waals surface area contributed by atoms with E-state index in [1.165, 1.54) is 43.2 Å². The molecule has 5 fully saturated rings. The van der Waals surface area contributed by atoms with E-state index in [2.05, 4.69) is 18.0 Å². The number of likely N-dealkylation sites (N-methyl/N-ethyl adjacent to an activating group) is 1. The van der Waals surface area contributed by atoms with Gasteiger partial charge in [-0.05, 0) is 69.0 Å². The molecule has 4 bridgehead atoms. The van der Waals surface area contributed by atoms with Crippen molar-refractivity contribution in [3.05, 3.63) is 23.3 Å². The van der Waals surface area contributed by atoms with Crippen molar-refractivity contribution in [1.82, 2.24) is 4.90 Å². The SMILES string of the molecule is COC12CCC3(CC1)C1Cc4ccc(O)c5c4C3(C(CC3CC3)CN1C)C2O5. The normalized spacial score (nSPS) is 47.7. The monoisotopic (exact) mass is 381 g/mol. The molecule has 1 aromatic carbocycles. The molecule has 0 amide bonds. The summed E-state index contributed by atoms with van der Waals surface area (Å²) < 4.78 is 13.1. The van der Waals surface area contributed by atoms with Gasteiger partial charge in [0, 0.05) is 30.7 Å². The van der Waals surface area contributed by atoms with Crippen LogP contribution < -0.4 is 4.74 Å². The molecule has 1 saturated heterocycles. The zero-order valence-corrected chi connectivity index (χ0v) is 17.0. The first-order valence-electron chi connectivity index (χ1n) is 11.3. The average molecular weight is 382 g/mol. The van der Waals surface area contributed by atoms with Crippen LogP contribution >= 0.6 is 0 Å². The summed E-state index contributed by atoms with van der Waals surface area (Å²) in [5.74, 6) is 2.64. The molecular formula is C24H31NO3. The van der Waals surface area contributed by atoms with Gasteiger partial charge in [0.05, 0.1) is 5.41 Å². The number of hydrogen-bond donors (Lipinski definition) is 1. The second kappa shape index (κ2) is 4.89. The number of hydrogen-bond acceptors (Lipinski definition) is 4. The molecule has 4 unspecified atom stereocenters. The molecule has 7 aliphatic rings. The fourth-order valence-corrected chi connectivity index (χ4v) is 8.89. The quantitative estimate of drug-likeness (QED) is 0.868. The molecule has 4 saturated carbocycles. The van der Waals surface area contributed by atoms with Crippen LogP contribution in [0.1, 0.15) is 56.1 Å². The highest BCUT2D eigenvalue weighted by molar-refractivity contribution is 5.63. The topological polar surface area (TPSA) is 41.9 Å². The van der Waals surface area contributed by atoms with Gasteiger partial charge in [-0.3, -0.25) is 0 Å². The van der Waals surface area contributed by atoms with Crippen LogP contribution in [0.25, 0.3) is 0 Å². The van der Waals surface area contributed by atoms with E-state index in [4.69, 9.17) is 9.47 Å². The maximum atomic E-state index is 10.8. The van der Waals surface area contributed by atoms with Gasteiger partial charge in [-0.1, -0.05) is 18.9 Å². The maximum Gasteiger partial charge on any atom is 0.165 e. The molecule has 8 rings (SSSR count). The minimum atomic E-state index is -0.190. The van der Waals surface area contributed by atoms with Gasteiger partial charge in [0.15, 0.2) is 11.5 Å². The lowest BCUT2D eigenvalue weighted by Gasteiger charge is -2.74. The molecule has 1 aromatic rings. The molecule has 0 aromatic heterocycles. The Balaban J connectivity index is 1.56. The Morgan fingerprint density at radius 3 is 2.71 bits per heavy atom. The van der Waals surface area contributed by atoms with Gasteiger partial charge < -0.3 is 19.5 Å². The number of phenols is 1. The third kappa shape index (κ3) is 1.55. The number of phenolic OH excluding ortho intramolecular Hbond substituents is 1. The second-order valence-electron chi connectivity index (χ2n) is 10.8. The Morgan fingerprint density at radius 2 is 2.00 bits per heavy atom. The van der Waals surface area contributed by atoms with E-state index in [1.54, 1.807) is 0 Å². The average Bonchev–Trinajstić information content (AvgIpc) is 3.44. The highest BCUT2D eigenvalue weighted by atomic mass is 16.6. The van der Waals surface area contributed by atoms with Crippen LogP contribution in [0.15, 0.2) is 12.1 Å². The zero-order valence-electron chi connectivity index (χ0n) is 17.0. The lowest BCUT2D eigenvalue weighted by Crippen LogP contribution is -2.81. The summed E-state index contributed by atoms with van der Waals surface area (Å²) >= 11 is 0. The molecule has 150 valence electrons. The summed E-state index contributed by atoms with van der Waals surface area (Å²) in [7, 11) is 4.27. The van der Waals surface area contributed by atoms with Crippen molar-refractivity contribution in [2.24, 2.45) is 17.3 Å². The lowest BCUT2D eigenvalue weighted by molar-refractivity contribution is -0.266. The van der Waals surface area contributed by atoms with E-state index in [0.717, 1.165) is 37.5 Å². The third-order valence-corrected chi connectivity index (χ3v) is 10.0. The summed E-state index contributed by atoms with van der Waals surface area (Å²) in [6.07, 6.45) is 9.95. The highest BCUT2D eigenvalue weighted by Gasteiger charge is 2.80. The van der Waals surface area contributed by atoms with Crippen LogP contribution in [0.5, 0.6) is 11.5 Å². The van der Waals surface area contributed by atoms with Gasteiger partial charge in [-0.2, -0.15) is 0 Å². The molecular weight excluding hydrogens is 350 g/mol. The first-order chi connectivity index (χ1) is 13.6. The number of likely N-dealkylation sites (tertiary alicyclic amines) is 1. The Kier molecular flexibility index (Phi) is 2.89. The number of ether oxygens (including phenoxy) is 2. The Morgan fingerprint density at radius 1 is 1.21 bits per heavy atom. The van der Waals surface area contributed by atoms with Crippen molar-refractivity contribution < 1.29 is 14.6 Å². The molecule has 4 heteroatoms. The summed E-state index contributed by atoms with van der Waals surface area (Å²) in [5.41, 5.74) is 2.94. The zero-order chi connectivity index (χ0) is 18.9. The summed E-state index contributed by atoms with van der Waals surface area (Å²) in [5, 5.41) is 10.8. The number of nitrogens with zero attached hydrogens (tertiary/aromatic N) is 1. The van der Waals surface area contributed by atoms with Crippen LogP contribution in [0.3, 0.4) is 0 Å². The molecule has 4 atom stereocenters. The number of aromatic hydroxyl groups is 1. The van der Waals surface area contributed by atoms with Crippen LogP contribution in [-0.4, -0.2) is 48.5 Å². The highest BCUT2D eigenvalue weighted by Crippen LogP contribution is 2.77. The van der Waals surface area contributed by atoms with E-state index in [9.17, 15) is 5.11 Å². The Hall–Kier alpha value is -1.26. The third-order valence-electron chi connectivity index (χ3n) is 10.0. The van der Waals surface area contributed by atoms with Crippen molar-refractivity contribution in [3.8, 4) is 11.5 Å². The van der Waals surface area contributed by atoms with Crippen LogP contribution in [0.4, 0.5) is 0 Å². The summed E-state index contributed by atoms with van der Waals surface area (Å²) in [6.45, 7) is 1.16. The maximum absolute atomic E-state index is 10.8. The fourth-order valence-electron chi connectivity index (χ4n) is 8.89. The molecule has 0 radical (unpaired) electrons.